The van der Waals surface area contributed by atoms with Crippen LogP contribution in [0.3, 0.4) is 0 Å². The van der Waals surface area contributed by atoms with Crippen molar-refractivity contribution < 1.29 is 9.15 Å². The first-order valence-electron chi connectivity index (χ1n) is 23.7. The Labute approximate surface area is 389 Å². The van der Waals surface area contributed by atoms with Crippen molar-refractivity contribution in [1.82, 2.24) is 0 Å². The molecule has 0 atom stereocenters. The van der Waals surface area contributed by atoms with Crippen LogP contribution in [0.4, 0.5) is 17.1 Å². The number of para-hydroxylation sites is 1. The molecule has 3 nitrogen and oxygen atoms in total. The molecule has 15 rings (SSSR count). The minimum atomic E-state index is 0.124. The fraction of sp³-hybridized carbons (Fsp3) is 0.161. The van der Waals surface area contributed by atoms with Crippen molar-refractivity contribution in [3.05, 3.63) is 200 Å². The van der Waals surface area contributed by atoms with Gasteiger partial charge in [0.15, 0.2) is 0 Å². The minimum absolute atomic E-state index is 0.124. The highest BCUT2D eigenvalue weighted by Gasteiger charge is 2.52. The summed E-state index contributed by atoms with van der Waals surface area (Å²) < 4.78 is 14.0. The van der Waals surface area contributed by atoms with E-state index in [1.807, 2.05) is 6.07 Å². The van der Waals surface area contributed by atoms with Crippen molar-refractivity contribution in [2.45, 2.75) is 53.7 Å². The zero-order chi connectivity index (χ0) is 43.3. The fourth-order valence-electron chi connectivity index (χ4n) is 12.9. The van der Waals surface area contributed by atoms with Crippen LogP contribution in [0.25, 0.3) is 66.1 Å². The number of rotatable bonds is 7. The fourth-order valence-corrected chi connectivity index (χ4v) is 13.9. The van der Waals surface area contributed by atoms with Gasteiger partial charge in [0.2, 0.25) is 0 Å². The van der Waals surface area contributed by atoms with Crippen LogP contribution in [-0.2, 0) is 5.41 Å². The standard InChI is InChI=1S/C62H47NO2S/c1-2-10-42(11-3-1)44-20-22-46(23-21-44)49-34-51-59-53(14-8-17-56(59)65-60(51)52(35-49)62-36-39-30-40(37-62)32-41(31-39)38-62)63(54-15-9-18-57-61(54)66-58-19-7-6-16-55(58)64-57)50-28-26-45(27-29-50)48-25-24-43-12-4-5-13-47(43)33-48/h1-29,33-35,39-41H,30-32,36-38H2. The molecule has 4 bridgehead atoms. The number of ether oxygens (including phenoxy) is 1. The van der Waals surface area contributed by atoms with Gasteiger partial charge in [-0.3, -0.25) is 0 Å². The third kappa shape index (κ3) is 6.26. The Hall–Kier alpha value is -7.01. The van der Waals surface area contributed by atoms with Gasteiger partial charge >= 0.3 is 0 Å². The Bertz CT molecular complexity index is 3480. The second-order valence-corrected chi connectivity index (χ2v) is 20.5. The molecule has 5 aliphatic rings. The molecule has 9 aromatic carbocycles. The third-order valence-corrected chi connectivity index (χ3v) is 16.6. The third-order valence-electron chi connectivity index (χ3n) is 15.4. The van der Waals surface area contributed by atoms with Gasteiger partial charge in [-0.25, -0.2) is 0 Å². The van der Waals surface area contributed by atoms with Gasteiger partial charge in [-0.15, -0.1) is 0 Å². The lowest BCUT2D eigenvalue weighted by Crippen LogP contribution is -2.48. The lowest BCUT2D eigenvalue weighted by molar-refractivity contribution is -0.00483. The van der Waals surface area contributed by atoms with Crippen molar-refractivity contribution in [2.75, 3.05) is 4.90 Å². The predicted molar refractivity (Wildman–Crippen MR) is 273 cm³/mol. The maximum atomic E-state index is 7.32. The summed E-state index contributed by atoms with van der Waals surface area (Å²) in [6.45, 7) is 0. The number of hydrogen-bond acceptors (Lipinski definition) is 4. The Morgan fingerprint density at radius 3 is 1.86 bits per heavy atom. The Morgan fingerprint density at radius 2 is 1.08 bits per heavy atom. The van der Waals surface area contributed by atoms with E-state index in [1.165, 1.54) is 93.6 Å². The molecule has 4 heteroatoms. The summed E-state index contributed by atoms with van der Waals surface area (Å²) in [5, 5.41) is 4.82. The summed E-state index contributed by atoms with van der Waals surface area (Å²) >= 11 is 1.78. The molecule has 0 radical (unpaired) electrons. The van der Waals surface area contributed by atoms with E-state index in [2.05, 4.69) is 193 Å². The highest BCUT2D eigenvalue weighted by molar-refractivity contribution is 7.99. The summed E-state index contributed by atoms with van der Waals surface area (Å²) in [7, 11) is 0. The molecule has 66 heavy (non-hydrogen) atoms. The van der Waals surface area contributed by atoms with E-state index >= 15 is 0 Å². The van der Waals surface area contributed by atoms with E-state index < -0.39 is 0 Å². The number of furan rings is 1. The van der Waals surface area contributed by atoms with Gasteiger partial charge in [0.1, 0.15) is 22.7 Å². The average molecular weight is 870 g/mol. The number of anilines is 3. The Kier molecular flexibility index (Phi) is 8.71. The van der Waals surface area contributed by atoms with Crippen molar-refractivity contribution in [1.29, 1.82) is 0 Å². The summed E-state index contributed by atoms with van der Waals surface area (Å²) in [5.41, 5.74) is 14.1. The maximum absolute atomic E-state index is 7.32. The summed E-state index contributed by atoms with van der Waals surface area (Å²) in [6.07, 6.45) is 7.98. The van der Waals surface area contributed by atoms with Gasteiger partial charge in [-0.2, -0.15) is 0 Å². The molecule has 4 saturated carbocycles. The SMILES string of the molecule is c1ccc(-c2ccc(-c3cc(C45CC6CC(CC(C6)C4)C5)c4oc5cccc(N(c6ccc(-c7ccc8ccccc8c7)cc6)c6cccc7c6Sc6ccccc6O7)c5c4c3)cc2)cc1. The quantitative estimate of drug-likeness (QED) is 0.159. The van der Waals surface area contributed by atoms with Crippen LogP contribution >= 0.6 is 11.8 Å². The van der Waals surface area contributed by atoms with Crippen LogP contribution in [0.1, 0.15) is 44.1 Å². The first-order chi connectivity index (χ1) is 32.6. The lowest BCUT2D eigenvalue weighted by Gasteiger charge is -2.57. The molecule has 0 amide bonds. The number of nitrogens with zero attached hydrogens (tertiary/aromatic N) is 1. The number of hydrogen-bond donors (Lipinski definition) is 0. The van der Waals surface area contributed by atoms with Gasteiger partial charge in [0, 0.05) is 16.6 Å². The first-order valence-corrected chi connectivity index (χ1v) is 24.5. The molecule has 2 heterocycles. The summed E-state index contributed by atoms with van der Waals surface area (Å²) in [5.74, 6) is 4.18. The van der Waals surface area contributed by atoms with Crippen molar-refractivity contribution >= 4 is 61.5 Å². The van der Waals surface area contributed by atoms with E-state index in [0.29, 0.717) is 0 Å². The number of benzene rings is 9. The molecular weight excluding hydrogens is 823 g/mol. The average Bonchev–Trinajstić information content (AvgIpc) is 3.75. The molecule has 1 aromatic heterocycles. The molecule has 318 valence electrons. The Balaban J connectivity index is 0.984. The predicted octanol–water partition coefficient (Wildman–Crippen LogP) is 17.9. The molecule has 0 spiro atoms. The largest absolute Gasteiger partial charge is 0.456 e. The van der Waals surface area contributed by atoms with Crippen LogP contribution in [0, 0.1) is 17.8 Å². The van der Waals surface area contributed by atoms with Crippen LogP contribution in [0.15, 0.2) is 208 Å². The highest BCUT2D eigenvalue weighted by Crippen LogP contribution is 2.63. The van der Waals surface area contributed by atoms with Crippen molar-refractivity contribution in [3.63, 3.8) is 0 Å². The zero-order valence-corrected chi connectivity index (χ0v) is 37.4. The van der Waals surface area contributed by atoms with Gasteiger partial charge in [0.05, 0.1) is 26.6 Å². The van der Waals surface area contributed by atoms with Crippen LogP contribution in [0.2, 0.25) is 0 Å². The van der Waals surface area contributed by atoms with Crippen LogP contribution in [-0.4, -0.2) is 0 Å². The molecule has 0 N–H and O–H groups in total. The topological polar surface area (TPSA) is 25.6 Å². The van der Waals surface area contributed by atoms with E-state index in [0.717, 1.165) is 72.7 Å². The van der Waals surface area contributed by atoms with Crippen molar-refractivity contribution in [2.24, 2.45) is 17.8 Å². The van der Waals surface area contributed by atoms with Gasteiger partial charge in [-0.1, -0.05) is 139 Å². The summed E-state index contributed by atoms with van der Waals surface area (Å²) in [6, 6.07) is 70.9. The molecule has 10 aromatic rings. The lowest BCUT2D eigenvalue weighted by atomic mass is 9.48. The minimum Gasteiger partial charge on any atom is -0.456 e. The maximum Gasteiger partial charge on any atom is 0.143 e. The van der Waals surface area contributed by atoms with E-state index in [1.54, 1.807) is 11.8 Å². The van der Waals surface area contributed by atoms with E-state index in [4.69, 9.17) is 9.15 Å². The first kappa shape index (κ1) is 38.3. The van der Waals surface area contributed by atoms with Gasteiger partial charge < -0.3 is 14.1 Å². The molecular formula is C62H47NO2S. The van der Waals surface area contributed by atoms with Gasteiger partial charge in [-0.05, 0) is 173 Å². The monoisotopic (exact) mass is 869 g/mol. The van der Waals surface area contributed by atoms with Crippen molar-refractivity contribution in [3.8, 4) is 44.9 Å². The second-order valence-electron chi connectivity index (χ2n) is 19.5. The van der Waals surface area contributed by atoms with Crippen LogP contribution in [0.5, 0.6) is 11.5 Å². The smallest absolute Gasteiger partial charge is 0.143 e. The number of fused-ring (bicyclic) bond motifs is 6. The molecule has 4 fully saturated rings. The highest BCUT2D eigenvalue weighted by atomic mass is 32.2. The molecule has 0 unspecified atom stereocenters. The van der Waals surface area contributed by atoms with E-state index in [-0.39, 0.29) is 5.41 Å². The summed E-state index contributed by atoms with van der Waals surface area (Å²) in [4.78, 5) is 4.66. The van der Waals surface area contributed by atoms with E-state index in [9.17, 15) is 0 Å². The van der Waals surface area contributed by atoms with Gasteiger partial charge in [0.25, 0.3) is 0 Å². The van der Waals surface area contributed by atoms with Crippen LogP contribution < -0.4 is 9.64 Å². The Morgan fingerprint density at radius 1 is 0.470 bits per heavy atom. The normalized spacial score (nSPS) is 20.3. The zero-order valence-electron chi connectivity index (χ0n) is 36.6. The molecule has 0 saturated heterocycles. The molecule has 4 aliphatic carbocycles. The molecule has 1 aliphatic heterocycles. The second kappa shape index (κ2) is 15.0.